The van der Waals surface area contributed by atoms with Crippen LogP contribution in [0.2, 0.25) is 0 Å². The van der Waals surface area contributed by atoms with E-state index in [4.69, 9.17) is 0 Å². The Labute approximate surface area is 388 Å². The second-order valence-corrected chi connectivity index (χ2v) is 22.8. The molecule has 0 unspecified atom stereocenters. The second-order valence-electron chi connectivity index (χ2n) is 22.8. The zero-order valence-corrected chi connectivity index (χ0v) is 39.9. The quantitative estimate of drug-likeness (QED) is 0.121. The Morgan fingerprint density at radius 1 is 0.379 bits per heavy atom. The van der Waals surface area contributed by atoms with Crippen LogP contribution in [0.1, 0.15) is 84.6 Å². The molecule has 0 spiro atoms. The maximum Gasteiger partial charge on any atom is 0.252 e. The van der Waals surface area contributed by atoms with E-state index in [0.717, 1.165) is 0 Å². The van der Waals surface area contributed by atoms with Crippen molar-refractivity contribution >= 4 is 88.3 Å². The van der Waals surface area contributed by atoms with Gasteiger partial charge in [0.2, 0.25) is 0 Å². The summed E-state index contributed by atoms with van der Waals surface area (Å²) in [6, 6.07) is 59.5. The third kappa shape index (κ3) is 5.56. The summed E-state index contributed by atoms with van der Waals surface area (Å²) < 4.78 is 5.29. The molecule has 0 fully saturated rings. The number of benzene rings is 9. The first-order valence-electron chi connectivity index (χ1n) is 23.9. The lowest BCUT2D eigenvalue weighted by atomic mass is 9.34. The molecule has 66 heavy (non-hydrogen) atoms. The normalized spacial score (nSPS) is 13.6. The molecule has 0 bridgehead atoms. The van der Waals surface area contributed by atoms with Crippen LogP contribution in [-0.4, -0.2) is 15.8 Å². The summed E-state index contributed by atoms with van der Waals surface area (Å²) in [4.78, 5) is 0. The average Bonchev–Trinajstić information content (AvgIpc) is 3.81. The van der Waals surface area contributed by atoms with E-state index in [1.54, 1.807) is 0 Å². The van der Waals surface area contributed by atoms with E-state index < -0.39 is 0 Å². The number of rotatable bonds is 2. The largest absolute Gasteiger partial charge is 0.310 e. The first-order chi connectivity index (χ1) is 31.5. The number of hydrogen-bond donors (Lipinski definition) is 0. The number of nitrogens with zero attached hydrogens (tertiary/aromatic N) is 2. The molecule has 0 amide bonds. The highest BCUT2D eigenvalue weighted by molar-refractivity contribution is 7.00. The number of hydrogen-bond acceptors (Lipinski definition) is 0. The third-order valence-electron chi connectivity index (χ3n) is 15.3. The van der Waals surface area contributed by atoms with Crippen LogP contribution in [-0.2, 0) is 16.2 Å². The van der Waals surface area contributed by atoms with Gasteiger partial charge in [-0.1, -0.05) is 165 Å². The Morgan fingerprint density at radius 3 is 1.56 bits per heavy atom. The van der Waals surface area contributed by atoms with Gasteiger partial charge in [-0.15, -0.1) is 0 Å². The van der Waals surface area contributed by atoms with Crippen molar-refractivity contribution in [3.8, 4) is 33.6 Å². The molecule has 13 rings (SSSR count). The first kappa shape index (κ1) is 39.5. The zero-order chi connectivity index (χ0) is 45.3. The van der Waals surface area contributed by atoms with Crippen LogP contribution < -0.4 is 16.4 Å². The molecule has 0 saturated heterocycles. The summed E-state index contributed by atoms with van der Waals surface area (Å²) in [5.41, 5.74) is 22.4. The molecule has 320 valence electrons. The van der Waals surface area contributed by atoms with Gasteiger partial charge < -0.3 is 9.13 Å². The topological polar surface area (TPSA) is 9.86 Å². The highest BCUT2D eigenvalue weighted by Crippen LogP contribution is 2.45. The summed E-state index contributed by atoms with van der Waals surface area (Å²) in [5, 5.41) is 10.5. The first-order valence-corrected chi connectivity index (χ1v) is 23.9. The summed E-state index contributed by atoms with van der Waals surface area (Å²) in [6.45, 7) is 23.1. The molecule has 11 aromatic rings. The molecule has 0 N–H and O–H groups in total. The van der Waals surface area contributed by atoms with Crippen LogP contribution in [0.5, 0.6) is 0 Å². The predicted molar refractivity (Wildman–Crippen MR) is 286 cm³/mol. The van der Waals surface area contributed by atoms with Gasteiger partial charge in [0.25, 0.3) is 6.71 Å². The van der Waals surface area contributed by atoms with Crippen molar-refractivity contribution in [2.75, 3.05) is 0 Å². The van der Waals surface area contributed by atoms with Crippen molar-refractivity contribution in [3.05, 3.63) is 174 Å². The molecule has 4 heterocycles. The van der Waals surface area contributed by atoms with Crippen molar-refractivity contribution in [3.63, 3.8) is 0 Å². The predicted octanol–water partition coefficient (Wildman–Crippen LogP) is 14.9. The maximum atomic E-state index is 2.66. The zero-order valence-electron chi connectivity index (χ0n) is 39.9. The van der Waals surface area contributed by atoms with E-state index in [2.05, 4.69) is 230 Å². The molecule has 0 radical (unpaired) electrons. The molecule has 2 nitrogen and oxygen atoms in total. The van der Waals surface area contributed by atoms with Gasteiger partial charge in [0.1, 0.15) is 0 Å². The summed E-state index contributed by atoms with van der Waals surface area (Å²) >= 11 is 0. The van der Waals surface area contributed by atoms with Gasteiger partial charge in [0.05, 0.1) is 16.6 Å². The number of aromatic nitrogens is 2. The maximum absolute atomic E-state index is 2.66. The van der Waals surface area contributed by atoms with Crippen LogP contribution in [0.3, 0.4) is 0 Å². The van der Waals surface area contributed by atoms with Gasteiger partial charge in [-0.05, 0) is 154 Å². The summed E-state index contributed by atoms with van der Waals surface area (Å²) in [5.74, 6) is 0. The number of aryl methyl sites for hydroxylation is 1. The fourth-order valence-corrected chi connectivity index (χ4v) is 11.8. The van der Waals surface area contributed by atoms with Gasteiger partial charge in [-0.25, -0.2) is 0 Å². The van der Waals surface area contributed by atoms with E-state index in [1.807, 2.05) is 0 Å². The van der Waals surface area contributed by atoms with E-state index in [9.17, 15) is 0 Å². The minimum Gasteiger partial charge on any atom is -0.310 e. The van der Waals surface area contributed by atoms with E-state index in [1.165, 1.54) is 137 Å². The Morgan fingerprint density at radius 2 is 0.924 bits per heavy atom. The Hall–Kier alpha value is -6.84. The fraction of sp³-hybridized carbons (Fsp3) is 0.206. The SMILES string of the molecule is Cc1cc2c3c(c1)-n1c4cc(C(C)(C)C)ccc4c4c5cc6ccccc6cc5cc(c41)B3c1cc(-c3ccc(C(C)(C)C)cc3)cc3c4cc(-c5ccc(C(C)(C)C)cc5)ccc4n-2c13. The Kier molecular flexibility index (Phi) is 7.88. The van der Waals surface area contributed by atoms with Gasteiger partial charge in [-0.3, -0.25) is 0 Å². The van der Waals surface area contributed by atoms with Crippen molar-refractivity contribution in [2.24, 2.45) is 0 Å². The monoisotopic (exact) mass is 850 g/mol. The van der Waals surface area contributed by atoms with E-state index >= 15 is 0 Å². The molecule has 2 aliphatic heterocycles. The average molecular weight is 851 g/mol. The van der Waals surface area contributed by atoms with Crippen LogP contribution in [0.25, 0.3) is 98.8 Å². The minimum absolute atomic E-state index is 0.00116. The molecule has 9 aromatic carbocycles. The molecule has 0 atom stereocenters. The van der Waals surface area contributed by atoms with E-state index in [0.29, 0.717) is 0 Å². The lowest BCUT2D eigenvalue weighted by Crippen LogP contribution is -2.59. The van der Waals surface area contributed by atoms with E-state index in [-0.39, 0.29) is 23.0 Å². The van der Waals surface area contributed by atoms with Gasteiger partial charge in [0.15, 0.2) is 0 Å². The molecule has 2 aromatic heterocycles. The third-order valence-corrected chi connectivity index (χ3v) is 15.3. The number of fused-ring (bicyclic) bond motifs is 13. The van der Waals surface area contributed by atoms with Crippen LogP contribution in [0.15, 0.2) is 152 Å². The molecule has 0 aliphatic carbocycles. The highest BCUT2D eigenvalue weighted by atomic mass is 15.0. The minimum atomic E-state index is -0.00116. The van der Waals surface area contributed by atoms with Gasteiger partial charge >= 0.3 is 0 Å². The summed E-state index contributed by atoms with van der Waals surface area (Å²) in [7, 11) is 0. The summed E-state index contributed by atoms with van der Waals surface area (Å²) in [6.07, 6.45) is 0. The second kappa shape index (κ2) is 13.2. The molecule has 2 aliphatic rings. The van der Waals surface area contributed by atoms with Gasteiger partial charge in [-0.2, -0.15) is 0 Å². The van der Waals surface area contributed by atoms with Crippen LogP contribution in [0.4, 0.5) is 0 Å². The van der Waals surface area contributed by atoms with Crippen molar-refractivity contribution in [1.29, 1.82) is 0 Å². The Balaban J connectivity index is 1.18. The lowest BCUT2D eigenvalue weighted by molar-refractivity contribution is 0.590. The molecular weight excluding hydrogens is 796 g/mol. The van der Waals surface area contributed by atoms with Crippen molar-refractivity contribution in [2.45, 2.75) is 85.5 Å². The van der Waals surface area contributed by atoms with Crippen LogP contribution >= 0.6 is 0 Å². The molecule has 3 heteroatoms. The van der Waals surface area contributed by atoms with Crippen molar-refractivity contribution < 1.29 is 0 Å². The Bertz CT molecular complexity index is 3910. The van der Waals surface area contributed by atoms with Gasteiger partial charge in [0, 0.05) is 38.4 Å². The van der Waals surface area contributed by atoms with Crippen LogP contribution in [0, 0.1) is 6.92 Å². The fourth-order valence-electron chi connectivity index (χ4n) is 11.8. The lowest BCUT2D eigenvalue weighted by Gasteiger charge is -2.34. The molecule has 0 saturated carbocycles. The highest BCUT2D eigenvalue weighted by Gasteiger charge is 2.42. The molecular formula is C63H55BN2. The van der Waals surface area contributed by atoms with Crippen molar-refractivity contribution in [1.82, 2.24) is 9.13 Å². The standard InChI is InChI=1S/C63H55BN2/c1-36-27-55-58-56(28-36)66-54-35-46(63(8,9)10)24-25-47(54)57-48-30-40-14-12-11-13-39(40)29-43(48)34-52(60(57)66)64(58)51-33-42(38-17-22-45(23-18-38)62(5,6)7)32-50-49-31-41(19-26-53(49)65(55)59(50)51)37-15-20-44(21-16-37)61(2,3)4/h11-35H,1-10H3. The smallest absolute Gasteiger partial charge is 0.252 e.